The third-order valence-electron chi connectivity index (χ3n) is 6.94. The van der Waals surface area contributed by atoms with Crippen molar-refractivity contribution >= 4 is 35.1 Å². The summed E-state index contributed by atoms with van der Waals surface area (Å²) in [6.07, 6.45) is 0.607. The summed E-state index contributed by atoms with van der Waals surface area (Å²) in [4.78, 5) is 29.0. The van der Waals surface area contributed by atoms with Crippen molar-refractivity contribution in [3.8, 4) is 17.6 Å². The van der Waals surface area contributed by atoms with Gasteiger partial charge < -0.3 is 19.7 Å². The number of nitrogens with zero attached hydrogens (tertiary/aromatic N) is 5. The molecule has 2 atom stereocenters. The van der Waals surface area contributed by atoms with Gasteiger partial charge >= 0.3 is 5.97 Å². The van der Waals surface area contributed by atoms with Gasteiger partial charge in [0.05, 0.1) is 5.92 Å². The summed E-state index contributed by atoms with van der Waals surface area (Å²) in [5.41, 5.74) is 2.28. The van der Waals surface area contributed by atoms with E-state index in [4.69, 9.17) is 32.7 Å². The molecular weight excluding hydrogens is 643 g/mol. The van der Waals surface area contributed by atoms with Crippen LogP contribution in [0.25, 0.3) is 0 Å². The standard InChI is InChI=1S/C25H22ClNO3.C9H10ClN5O2/c1-17(2)24(18-11-13-20(26)14-12-18)25(28)30-23(16-27)19-7-6-10-22(15-19)29-21-8-4-3-5-9-21;10-8-2-1-7(5-12-8)6-14-4-3-11-9(14)13-15(16)17/h3-15,17,23-24H,1-2H3;1-2,5H,3-4,6H2,(H,11,13)/t23-,24+;/m1./s1. The molecule has 11 nitrogen and oxygen atoms in total. The zero-order chi connectivity index (χ0) is 33.8. The molecule has 1 aliphatic rings. The molecule has 1 N–H and O–H groups in total. The smallest absolute Gasteiger partial charge is 0.315 e. The molecule has 1 aromatic heterocycles. The van der Waals surface area contributed by atoms with Gasteiger partial charge in [0.2, 0.25) is 6.10 Å². The van der Waals surface area contributed by atoms with E-state index in [0.29, 0.717) is 46.9 Å². The highest BCUT2D eigenvalue weighted by molar-refractivity contribution is 6.30. The second-order valence-electron chi connectivity index (χ2n) is 10.7. The molecule has 0 bridgehead atoms. The molecule has 1 saturated heterocycles. The maximum atomic E-state index is 13.0. The van der Waals surface area contributed by atoms with Crippen molar-refractivity contribution in [1.82, 2.24) is 15.2 Å². The molecule has 4 aromatic rings. The molecule has 242 valence electrons. The second kappa shape index (κ2) is 16.9. The van der Waals surface area contributed by atoms with E-state index in [1.807, 2.05) is 62.4 Å². The van der Waals surface area contributed by atoms with E-state index in [0.717, 1.165) is 11.1 Å². The topological polar surface area (TPSA) is 143 Å². The highest BCUT2D eigenvalue weighted by Gasteiger charge is 2.29. The third kappa shape index (κ3) is 10.4. The summed E-state index contributed by atoms with van der Waals surface area (Å²) in [5, 5.41) is 26.4. The maximum Gasteiger partial charge on any atom is 0.315 e. The van der Waals surface area contributed by atoms with E-state index in [1.165, 1.54) is 0 Å². The van der Waals surface area contributed by atoms with Gasteiger partial charge in [0.1, 0.15) is 27.8 Å². The monoisotopic (exact) mass is 674 g/mol. The maximum absolute atomic E-state index is 13.0. The molecule has 0 radical (unpaired) electrons. The Morgan fingerprint density at radius 2 is 1.77 bits per heavy atom. The fourth-order valence-corrected chi connectivity index (χ4v) is 5.00. The first-order chi connectivity index (χ1) is 22.6. The molecule has 1 fully saturated rings. The van der Waals surface area contributed by atoms with Crippen LogP contribution in [0.3, 0.4) is 0 Å². The van der Waals surface area contributed by atoms with Gasteiger partial charge in [-0.05, 0) is 59.5 Å². The number of nitriles is 1. The Bertz CT molecular complexity index is 1710. The lowest BCUT2D eigenvalue weighted by Crippen LogP contribution is -2.30. The molecule has 0 amide bonds. The average molecular weight is 676 g/mol. The van der Waals surface area contributed by atoms with Gasteiger partial charge in [-0.3, -0.25) is 4.79 Å². The Balaban J connectivity index is 0.000000248. The Hall–Kier alpha value is -5.18. The summed E-state index contributed by atoms with van der Waals surface area (Å²) in [6, 6.07) is 29.0. The van der Waals surface area contributed by atoms with Crippen LogP contribution in [0.5, 0.6) is 11.5 Å². The van der Waals surface area contributed by atoms with Crippen LogP contribution in [0.2, 0.25) is 10.2 Å². The fraction of sp³-hybridized carbons (Fsp3) is 0.235. The van der Waals surface area contributed by atoms with Crippen LogP contribution < -0.4 is 10.1 Å². The van der Waals surface area contributed by atoms with Gasteiger partial charge in [0, 0.05) is 36.4 Å². The summed E-state index contributed by atoms with van der Waals surface area (Å²) < 4.78 is 11.4. The van der Waals surface area contributed by atoms with E-state index in [9.17, 15) is 20.2 Å². The van der Waals surface area contributed by atoms with Crippen LogP contribution in [0.1, 0.15) is 42.6 Å². The Labute approximate surface area is 282 Å². The quantitative estimate of drug-likeness (QED) is 0.0789. The molecule has 0 spiro atoms. The number of ether oxygens (including phenoxy) is 2. The molecule has 47 heavy (non-hydrogen) atoms. The number of hydrazone groups is 1. The van der Waals surface area contributed by atoms with E-state index in [1.54, 1.807) is 53.6 Å². The van der Waals surface area contributed by atoms with Crippen molar-refractivity contribution in [3.63, 3.8) is 0 Å². The van der Waals surface area contributed by atoms with Gasteiger partial charge in [-0.15, -0.1) is 0 Å². The van der Waals surface area contributed by atoms with E-state index in [2.05, 4.69) is 21.5 Å². The molecule has 3 aromatic carbocycles. The first-order valence-corrected chi connectivity index (χ1v) is 15.4. The number of carbonyl (C=O) groups is 1. The van der Waals surface area contributed by atoms with E-state index >= 15 is 0 Å². The fourth-order valence-electron chi connectivity index (χ4n) is 4.76. The zero-order valence-corrected chi connectivity index (χ0v) is 27.1. The number of esters is 1. The Morgan fingerprint density at radius 3 is 2.40 bits per heavy atom. The predicted molar refractivity (Wildman–Crippen MR) is 179 cm³/mol. The van der Waals surface area contributed by atoms with Crippen LogP contribution in [-0.4, -0.2) is 39.9 Å². The van der Waals surface area contributed by atoms with Crippen molar-refractivity contribution in [3.05, 3.63) is 134 Å². The third-order valence-corrected chi connectivity index (χ3v) is 7.42. The number of hydrogen-bond acceptors (Lipinski definition) is 7. The molecule has 0 aliphatic carbocycles. The zero-order valence-electron chi connectivity index (χ0n) is 25.6. The molecule has 5 rings (SSSR count). The summed E-state index contributed by atoms with van der Waals surface area (Å²) in [7, 11) is 0. The van der Waals surface area contributed by atoms with Crippen LogP contribution in [0.4, 0.5) is 0 Å². The molecule has 2 heterocycles. The normalized spacial score (nSPS) is 14.3. The molecule has 0 saturated carbocycles. The van der Waals surface area contributed by atoms with Crippen molar-refractivity contribution < 1.29 is 19.3 Å². The van der Waals surface area contributed by atoms with Gasteiger partial charge in [-0.25, -0.2) is 15.1 Å². The number of benzene rings is 3. The van der Waals surface area contributed by atoms with E-state index < -0.39 is 23.0 Å². The van der Waals surface area contributed by atoms with Gasteiger partial charge in [0.25, 0.3) is 5.96 Å². The van der Waals surface area contributed by atoms with Crippen LogP contribution in [0, 0.1) is 27.4 Å². The number of nitrogens with one attached hydrogen (secondary N) is 1. The lowest BCUT2D eigenvalue weighted by Gasteiger charge is -2.22. The van der Waals surface area contributed by atoms with Crippen LogP contribution in [-0.2, 0) is 16.1 Å². The number of pyridine rings is 1. The molecule has 0 unspecified atom stereocenters. The second-order valence-corrected chi connectivity index (χ2v) is 11.5. The number of carbonyl (C=O) groups excluding carboxylic acids is 1. The molecule has 13 heteroatoms. The van der Waals surface area contributed by atoms with Crippen molar-refractivity contribution in [1.29, 1.82) is 5.26 Å². The number of para-hydroxylation sites is 1. The number of guanidine groups is 1. The highest BCUT2D eigenvalue weighted by atomic mass is 35.5. The number of nitro groups is 1. The largest absolute Gasteiger partial charge is 0.457 e. The molecular formula is C34H32Cl2N6O5. The minimum Gasteiger partial charge on any atom is -0.457 e. The van der Waals surface area contributed by atoms with Crippen molar-refractivity contribution in [2.24, 2.45) is 11.0 Å². The Morgan fingerprint density at radius 1 is 1.04 bits per heavy atom. The summed E-state index contributed by atoms with van der Waals surface area (Å²) >= 11 is 11.6. The minimum atomic E-state index is -1.04. The number of hydrogen-bond donors (Lipinski definition) is 1. The van der Waals surface area contributed by atoms with Crippen LogP contribution >= 0.6 is 23.2 Å². The van der Waals surface area contributed by atoms with Crippen LogP contribution in [0.15, 0.2) is 102 Å². The first kappa shape index (κ1) is 34.7. The predicted octanol–water partition coefficient (Wildman–Crippen LogP) is 7.37. The molecule has 1 aliphatic heterocycles. The lowest BCUT2D eigenvalue weighted by atomic mass is 9.88. The number of rotatable bonds is 10. The summed E-state index contributed by atoms with van der Waals surface area (Å²) in [5.74, 6) is 0.571. The number of halogens is 2. The number of aromatic nitrogens is 1. The highest BCUT2D eigenvalue weighted by Crippen LogP contribution is 2.31. The van der Waals surface area contributed by atoms with Gasteiger partial charge in [-0.2, -0.15) is 5.26 Å². The van der Waals surface area contributed by atoms with Gasteiger partial charge in [-0.1, -0.05) is 85.6 Å². The first-order valence-electron chi connectivity index (χ1n) is 14.6. The van der Waals surface area contributed by atoms with Gasteiger partial charge in [0.15, 0.2) is 5.03 Å². The average Bonchev–Trinajstić information content (AvgIpc) is 3.48. The van der Waals surface area contributed by atoms with E-state index in [-0.39, 0.29) is 11.9 Å². The Kier molecular flexibility index (Phi) is 12.5. The SMILES string of the molecule is CC(C)[C@H](C(=O)O[C@H](C#N)c1cccc(Oc2ccccc2)c1)c1ccc(Cl)cc1.O=[N+]([O-])/N=C1\NCCN1Cc1ccc(Cl)nc1. The van der Waals surface area contributed by atoms with Crippen molar-refractivity contribution in [2.45, 2.75) is 32.4 Å². The summed E-state index contributed by atoms with van der Waals surface area (Å²) in [6.45, 7) is 5.72. The lowest BCUT2D eigenvalue weighted by molar-refractivity contribution is -0.485. The van der Waals surface area contributed by atoms with Crippen molar-refractivity contribution in [2.75, 3.05) is 13.1 Å². The minimum absolute atomic E-state index is 0.00855.